The number of nitrogens with one attached hydrogen (secondary N) is 1. The van der Waals surface area contributed by atoms with E-state index in [1.807, 2.05) is 0 Å². The van der Waals surface area contributed by atoms with Gasteiger partial charge in [-0.3, -0.25) is 4.79 Å². The monoisotopic (exact) mass is 250 g/mol. The number of allylic oxidation sites excluding steroid dienone is 1. The zero-order valence-electron chi connectivity index (χ0n) is 11.4. The van der Waals surface area contributed by atoms with Crippen LogP contribution >= 0.6 is 0 Å². The summed E-state index contributed by atoms with van der Waals surface area (Å²) in [5.74, 6) is 1.10. The standard InChI is InChI=1S/C15H26N2O/c1-2-3-8-15(18)16-14-9-10-17(12-14)11-13-6-4-5-7-13/h2,13-14H,1,3-12H2,(H,16,18). The second-order valence-corrected chi connectivity index (χ2v) is 5.79. The Labute approximate surface area is 111 Å². The minimum atomic E-state index is 0.183. The van der Waals surface area contributed by atoms with E-state index >= 15 is 0 Å². The Morgan fingerprint density at radius 3 is 2.83 bits per heavy atom. The fourth-order valence-corrected chi connectivity index (χ4v) is 3.21. The highest BCUT2D eigenvalue weighted by Gasteiger charge is 2.26. The molecule has 0 aromatic heterocycles. The fourth-order valence-electron chi connectivity index (χ4n) is 3.21. The fraction of sp³-hybridized carbons (Fsp3) is 0.800. The summed E-state index contributed by atoms with van der Waals surface area (Å²) in [5.41, 5.74) is 0. The Hall–Kier alpha value is -0.830. The van der Waals surface area contributed by atoms with Gasteiger partial charge in [-0.1, -0.05) is 18.9 Å². The predicted octanol–water partition coefficient (Wildman–Crippen LogP) is 2.33. The largest absolute Gasteiger partial charge is 0.352 e. The average Bonchev–Trinajstić information content (AvgIpc) is 2.99. The van der Waals surface area contributed by atoms with Gasteiger partial charge in [-0.25, -0.2) is 0 Å². The van der Waals surface area contributed by atoms with Crippen LogP contribution in [-0.2, 0) is 4.79 Å². The zero-order chi connectivity index (χ0) is 12.8. The van der Waals surface area contributed by atoms with E-state index in [4.69, 9.17) is 0 Å². The molecule has 1 heterocycles. The molecule has 1 aliphatic heterocycles. The van der Waals surface area contributed by atoms with Gasteiger partial charge in [-0.2, -0.15) is 0 Å². The van der Waals surface area contributed by atoms with Crippen molar-refractivity contribution in [2.75, 3.05) is 19.6 Å². The number of carbonyl (C=O) groups excluding carboxylic acids is 1. The lowest BCUT2D eigenvalue weighted by atomic mass is 10.1. The predicted molar refractivity (Wildman–Crippen MR) is 74.4 cm³/mol. The van der Waals surface area contributed by atoms with Crippen LogP contribution < -0.4 is 5.32 Å². The molecule has 102 valence electrons. The van der Waals surface area contributed by atoms with Crippen molar-refractivity contribution in [1.82, 2.24) is 10.2 Å². The number of hydrogen-bond donors (Lipinski definition) is 1. The summed E-state index contributed by atoms with van der Waals surface area (Å²) in [7, 11) is 0. The van der Waals surface area contributed by atoms with E-state index in [0.717, 1.165) is 31.8 Å². The lowest BCUT2D eigenvalue weighted by molar-refractivity contribution is -0.121. The maximum atomic E-state index is 11.6. The van der Waals surface area contributed by atoms with Crippen molar-refractivity contribution in [1.29, 1.82) is 0 Å². The van der Waals surface area contributed by atoms with Crippen molar-refractivity contribution in [2.45, 2.75) is 51.0 Å². The first-order chi connectivity index (χ1) is 8.78. The highest BCUT2D eigenvalue weighted by molar-refractivity contribution is 5.76. The number of hydrogen-bond acceptors (Lipinski definition) is 2. The highest BCUT2D eigenvalue weighted by Crippen LogP contribution is 2.26. The Morgan fingerprint density at radius 1 is 1.33 bits per heavy atom. The molecule has 1 saturated heterocycles. The lowest BCUT2D eigenvalue weighted by Gasteiger charge is -2.20. The second-order valence-electron chi connectivity index (χ2n) is 5.79. The van der Waals surface area contributed by atoms with Gasteiger partial charge >= 0.3 is 0 Å². The summed E-state index contributed by atoms with van der Waals surface area (Å²) < 4.78 is 0. The van der Waals surface area contributed by atoms with E-state index in [1.165, 1.54) is 32.2 Å². The average molecular weight is 250 g/mol. The van der Waals surface area contributed by atoms with Crippen molar-refractivity contribution >= 4 is 5.91 Å². The number of amides is 1. The Kier molecular flexibility index (Phi) is 5.24. The van der Waals surface area contributed by atoms with Crippen LogP contribution in [0.5, 0.6) is 0 Å². The third kappa shape index (κ3) is 4.13. The van der Waals surface area contributed by atoms with Crippen molar-refractivity contribution < 1.29 is 4.79 Å². The summed E-state index contributed by atoms with van der Waals surface area (Å²) in [4.78, 5) is 14.2. The number of rotatable bonds is 6. The van der Waals surface area contributed by atoms with Crippen LogP contribution in [0.25, 0.3) is 0 Å². The molecular weight excluding hydrogens is 224 g/mol. The molecule has 2 fully saturated rings. The maximum absolute atomic E-state index is 11.6. The topological polar surface area (TPSA) is 32.3 Å². The van der Waals surface area contributed by atoms with Gasteiger partial charge in [0.25, 0.3) is 0 Å². The summed E-state index contributed by atoms with van der Waals surface area (Å²) >= 11 is 0. The Morgan fingerprint density at radius 2 is 2.11 bits per heavy atom. The smallest absolute Gasteiger partial charge is 0.220 e. The molecule has 0 aromatic rings. The normalized spacial score (nSPS) is 25.4. The molecule has 18 heavy (non-hydrogen) atoms. The molecule has 1 saturated carbocycles. The molecule has 1 unspecified atom stereocenters. The molecule has 0 aromatic carbocycles. The van der Waals surface area contributed by atoms with E-state index < -0.39 is 0 Å². The van der Waals surface area contributed by atoms with Crippen molar-refractivity contribution in [2.24, 2.45) is 5.92 Å². The van der Waals surface area contributed by atoms with Crippen LogP contribution in [0.1, 0.15) is 44.9 Å². The molecular formula is C15H26N2O. The summed E-state index contributed by atoms with van der Waals surface area (Å²) in [6.45, 7) is 7.10. The third-order valence-corrected chi connectivity index (χ3v) is 4.20. The highest BCUT2D eigenvalue weighted by atomic mass is 16.1. The molecule has 3 nitrogen and oxygen atoms in total. The van der Waals surface area contributed by atoms with Crippen LogP contribution in [0.3, 0.4) is 0 Å². The summed E-state index contributed by atoms with van der Waals surface area (Å²) in [5, 5.41) is 3.14. The van der Waals surface area contributed by atoms with Gasteiger partial charge in [0.2, 0.25) is 5.91 Å². The van der Waals surface area contributed by atoms with Gasteiger partial charge in [-0.05, 0) is 31.6 Å². The SMILES string of the molecule is C=CCCC(=O)NC1CCN(CC2CCCC2)C1. The minimum Gasteiger partial charge on any atom is -0.352 e. The summed E-state index contributed by atoms with van der Waals surface area (Å²) in [6.07, 6.45) is 9.94. The van der Waals surface area contributed by atoms with Crippen molar-refractivity contribution in [3.8, 4) is 0 Å². The van der Waals surface area contributed by atoms with Crippen LogP contribution in [-0.4, -0.2) is 36.5 Å². The van der Waals surface area contributed by atoms with Crippen molar-refractivity contribution in [3.63, 3.8) is 0 Å². The van der Waals surface area contributed by atoms with Crippen LogP contribution in [0.2, 0.25) is 0 Å². The van der Waals surface area contributed by atoms with E-state index in [1.54, 1.807) is 6.08 Å². The quantitative estimate of drug-likeness (QED) is 0.734. The zero-order valence-corrected chi connectivity index (χ0v) is 11.4. The molecule has 3 heteroatoms. The molecule has 1 N–H and O–H groups in total. The maximum Gasteiger partial charge on any atom is 0.220 e. The second kappa shape index (κ2) is 6.93. The van der Waals surface area contributed by atoms with Gasteiger partial charge in [-0.15, -0.1) is 6.58 Å². The van der Waals surface area contributed by atoms with Crippen LogP contribution in [0, 0.1) is 5.92 Å². The van der Waals surface area contributed by atoms with Gasteiger partial charge in [0.05, 0.1) is 0 Å². The van der Waals surface area contributed by atoms with Crippen LogP contribution in [0.4, 0.5) is 0 Å². The Bertz CT molecular complexity index is 284. The molecule has 2 aliphatic rings. The Balaban J connectivity index is 1.64. The molecule has 0 spiro atoms. The molecule has 2 rings (SSSR count). The van der Waals surface area contributed by atoms with Gasteiger partial charge in [0, 0.05) is 32.1 Å². The van der Waals surface area contributed by atoms with E-state index in [9.17, 15) is 4.79 Å². The van der Waals surface area contributed by atoms with Gasteiger partial charge in [0.15, 0.2) is 0 Å². The molecule has 0 radical (unpaired) electrons. The van der Waals surface area contributed by atoms with Gasteiger partial charge in [0.1, 0.15) is 0 Å². The first kappa shape index (κ1) is 13.6. The number of nitrogens with zero attached hydrogens (tertiary/aromatic N) is 1. The summed E-state index contributed by atoms with van der Waals surface area (Å²) in [6, 6.07) is 0.378. The van der Waals surface area contributed by atoms with Crippen molar-refractivity contribution in [3.05, 3.63) is 12.7 Å². The van der Waals surface area contributed by atoms with Crippen LogP contribution in [0.15, 0.2) is 12.7 Å². The molecule has 1 aliphatic carbocycles. The molecule has 1 atom stereocenters. The third-order valence-electron chi connectivity index (χ3n) is 4.20. The minimum absolute atomic E-state index is 0.183. The molecule has 1 amide bonds. The first-order valence-corrected chi connectivity index (χ1v) is 7.40. The lowest BCUT2D eigenvalue weighted by Crippen LogP contribution is -2.37. The van der Waals surface area contributed by atoms with E-state index in [-0.39, 0.29) is 5.91 Å². The molecule has 0 bridgehead atoms. The van der Waals surface area contributed by atoms with E-state index in [2.05, 4.69) is 16.8 Å². The van der Waals surface area contributed by atoms with E-state index in [0.29, 0.717) is 12.5 Å². The number of carbonyl (C=O) groups is 1. The number of likely N-dealkylation sites (tertiary alicyclic amines) is 1. The van der Waals surface area contributed by atoms with Gasteiger partial charge < -0.3 is 10.2 Å². The first-order valence-electron chi connectivity index (χ1n) is 7.40.